The summed E-state index contributed by atoms with van der Waals surface area (Å²) >= 11 is 0. The van der Waals surface area contributed by atoms with Crippen LogP contribution in [0.25, 0.3) is 0 Å². The molecule has 2 aromatic carbocycles. The van der Waals surface area contributed by atoms with Crippen molar-refractivity contribution in [2.75, 3.05) is 26.2 Å². The van der Waals surface area contributed by atoms with Gasteiger partial charge in [0, 0.05) is 49.1 Å². The van der Waals surface area contributed by atoms with E-state index in [4.69, 9.17) is 9.47 Å². The first kappa shape index (κ1) is 34.5. The van der Waals surface area contributed by atoms with Crippen LogP contribution in [0.15, 0.2) is 24.3 Å². The molecule has 0 aromatic heterocycles. The number of rotatable bonds is 9. The van der Waals surface area contributed by atoms with Crippen molar-refractivity contribution in [1.82, 2.24) is 20.4 Å². The van der Waals surface area contributed by atoms with E-state index in [0.29, 0.717) is 61.9 Å². The van der Waals surface area contributed by atoms with Crippen LogP contribution in [0, 0.1) is 11.8 Å². The minimum atomic E-state index is -1.03. The van der Waals surface area contributed by atoms with Crippen molar-refractivity contribution in [2.45, 2.75) is 148 Å². The van der Waals surface area contributed by atoms with E-state index in [1.165, 1.54) is 25.7 Å². The van der Waals surface area contributed by atoms with Gasteiger partial charge in [0.1, 0.15) is 12.2 Å². The van der Waals surface area contributed by atoms with Crippen molar-refractivity contribution >= 4 is 11.8 Å². The molecule has 10 aliphatic rings. The first-order valence-corrected chi connectivity index (χ1v) is 21.6. The maximum absolute atomic E-state index is 13.7. The number of benzene rings is 2. The van der Waals surface area contributed by atoms with Crippen molar-refractivity contribution in [1.29, 1.82) is 0 Å². The van der Waals surface area contributed by atoms with Crippen LogP contribution in [0.2, 0.25) is 0 Å². The van der Waals surface area contributed by atoms with Crippen molar-refractivity contribution in [3.05, 3.63) is 46.5 Å². The number of carbonyl (C=O) groups is 2. The maximum Gasteiger partial charge on any atom is 0.220 e. The molecule has 298 valence electrons. The lowest BCUT2D eigenvalue weighted by Gasteiger charge is -2.64. The second-order valence-corrected chi connectivity index (χ2v) is 19.5. The van der Waals surface area contributed by atoms with Crippen LogP contribution in [0.5, 0.6) is 23.0 Å². The van der Waals surface area contributed by atoms with Gasteiger partial charge in [-0.15, -0.1) is 0 Å². The third kappa shape index (κ3) is 4.39. The fraction of sp³-hybridized carbons (Fsp3) is 0.682. The minimum absolute atomic E-state index is 0.00968. The van der Waals surface area contributed by atoms with Crippen LogP contribution in [-0.4, -0.2) is 116 Å². The van der Waals surface area contributed by atoms with E-state index in [9.17, 15) is 30.0 Å². The smallest absolute Gasteiger partial charge is 0.220 e. The molecule has 0 unspecified atom stereocenters. The van der Waals surface area contributed by atoms with Crippen LogP contribution in [0.1, 0.15) is 99.3 Å². The summed E-state index contributed by atoms with van der Waals surface area (Å²) in [5.41, 5.74) is 0.577. The summed E-state index contributed by atoms with van der Waals surface area (Å²) in [6, 6.07) is 6.54. The zero-order chi connectivity index (χ0) is 37.9. The van der Waals surface area contributed by atoms with Gasteiger partial charge in [0.2, 0.25) is 11.8 Å². The molecule has 12 nitrogen and oxygen atoms in total. The Morgan fingerprint density at radius 3 is 1.48 bits per heavy atom. The number of amides is 2. The molecule has 2 amide bonds. The highest BCUT2D eigenvalue weighted by Gasteiger charge is 2.74. The molecule has 4 bridgehead atoms. The Kier molecular flexibility index (Phi) is 7.10. The Morgan fingerprint density at radius 1 is 0.643 bits per heavy atom. The molecule has 6 aliphatic carbocycles. The normalized spacial score (nSPS) is 40.9. The monoisotopic (exact) mass is 766 g/mol. The molecule has 0 radical (unpaired) electrons. The van der Waals surface area contributed by atoms with Crippen LogP contribution < -0.4 is 20.1 Å². The van der Waals surface area contributed by atoms with E-state index in [2.05, 4.69) is 20.4 Å². The first-order valence-electron chi connectivity index (χ1n) is 21.6. The predicted octanol–water partition coefficient (Wildman–Crippen LogP) is 2.68. The van der Waals surface area contributed by atoms with E-state index < -0.39 is 34.2 Å². The van der Waals surface area contributed by atoms with E-state index in [1.54, 1.807) is 12.1 Å². The van der Waals surface area contributed by atoms with Gasteiger partial charge in [-0.05, 0) is 125 Å². The van der Waals surface area contributed by atoms with Gasteiger partial charge < -0.3 is 40.5 Å². The Morgan fingerprint density at radius 2 is 1.07 bits per heavy atom. The van der Waals surface area contributed by atoms with Gasteiger partial charge in [-0.25, -0.2) is 0 Å². The van der Waals surface area contributed by atoms with Crippen molar-refractivity contribution in [2.24, 2.45) is 11.8 Å². The molecule has 2 spiro atoms. The molecule has 2 saturated heterocycles. The van der Waals surface area contributed by atoms with Gasteiger partial charge in [0.15, 0.2) is 23.0 Å². The first-order chi connectivity index (χ1) is 27.0. The van der Waals surface area contributed by atoms with Crippen LogP contribution in [0.4, 0.5) is 0 Å². The number of hydrogen-bond donors (Lipinski definition) is 6. The molecule has 4 heterocycles. The molecule has 4 saturated carbocycles. The SMILES string of the molecule is O=C(CCC(=O)N[C@@H]1CC[C@@]2(O)[C@H]3Cc4ccc(O)c5c4[C@@]2(CCN3CC2CC2)[C@H]1O5)N[C@@H]1CC[C@@]2(O)[C@H]3Cc4ccc(O)c5c4[C@@]2(CCN3CC2CC2)[C@H]1O5. The molecule has 56 heavy (non-hydrogen) atoms. The van der Waals surface area contributed by atoms with Crippen molar-refractivity contribution in [3.8, 4) is 23.0 Å². The summed E-state index contributed by atoms with van der Waals surface area (Å²) in [6.45, 7) is 3.69. The van der Waals surface area contributed by atoms with Crippen LogP contribution in [-0.2, 0) is 33.3 Å². The lowest BCUT2D eigenvalue weighted by atomic mass is 9.48. The number of phenolic OH excluding ortho intramolecular Hbond substituents is 2. The Balaban J connectivity index is 0.752. The summed E-state index contributed by atoms with van der Waals surface area (Å²) in [7, 11) is 0. The summed E-state index contributed by atoms with van der Waals surface area (Å²) in [6.07, 6.45) is 8.88. The van der Waals surface area contributed by atoms with Crippen molar-refractivity contribution in [3.63, 3.8) is 0 Å². The Bertz CT molecular complexity index is 1910. The second-order valence-electron chi connectivity index (χ2n) is 19.5. The van der Waals surface area contributed by atoms with Crippen molar-refractivity contribution < 1.29 is 39.5 Å². The lowest BCUT2D eigenvalue weighted by molar-refractivity contribution is -0.192. The summed E-state index contributed by atoms with van der Waals surface area (Å²) in [4.78, 5) is 32.4. The number of phenols is 2. The third-order valence-corrected chi connectivity index (χ3v) is 16.8. The fourth-order valence-corrected chi connectivity index (χ4v) is 14.0. The fourth-order valence-electron chi connectivity index (χ4n) is 14.0. The zero-order valence-electron chi connectivity index (χ0n) is 32.0. The van der Waals surface area contributed by atoms with Crippen LogP contribution >= 0.6 is 0 Å². The summed E-state index contributed by atoms with van der Waals surface area (Å²) in [5.74, 6) is 1.96. The number of nitrogens with one attached hydrogen (secondary N) is 2. The van der Waals surface area contributed by atoms with E-state index in [1.807, 2.05) is 12.1 Å². The Labute approximate surface area is 326 Å². The van der Waals surface area contributed by atoms with Gasteiger partial charge >= 0.3 is 0 Å². The zero-order valence-corrected chi connectivity index (χ0v) is 32.0. The molecule has 12 heteroatoms. The molecule has 6 N–H and O–H groups in total. The highest BCUT2D eigenvalue weighted by Crippen LogP contribution is 2.67. The van der Waals surface area contributed by atoms with E-state index in [0.717, 1.165) is 61.3 Å². The van der Waals surface area contributed by atoms with Gasteiger partial charge in [-0.2, -0.15) is 0 Å². The maximum atomic E-state index is 13.7. The van der Waals surface area contributed by atoms with Gasteiger partial charge in [-0.3, -0.25) is 19.4 Å². The second kappa shape index (κ2) is 11.5. The summed E-state index contributed by atoms with van der Waals surface area (Å²) < 4.78 is 13.3. The highest BCUT2D eigenvalue weighted by atomic mass is 16.5. The number of ether oxygens (including phenoxy) is 2. The molecule has 4 aliphatic heterocycles. The number of aromatic hydroxyl groups is 2. The topological polar surface area (TPSA) is 164 Å². The molecular weight excluding hydrogens is 713 g/mol. The Hall–Kier alpha value is -3.58. The third-order valence-electron chi connectivity index (χ3n) is 16.8. The lowest BCUT2D eigenvalue weighted by Crippen LogP contribution is -2.78. The number of nitrogens with zero attached hydrogens (tertiary/aromatic N) is 2. The van der Waals surface area contributed by atoms with Crippen LogP contribution in [0.3, 0.4) is 0 Å². The average molecular weight is 767 g/mol. The molecular formula is C44H54N4O8. The molecule has 6 fully saturated rings. The van der Waals surface area contributed by atoms with Gasteiger partial charge in [0.25, 0.3) is 0 Å². The van der Waals surface area contributed by atoms with Gasteiger partial charge in [-0.1, -0.05) is 12.1 Å². The minimum Gasteiger partial charge on any atom is -0.504 e. The van der Waals surface area contributed by atoms with Gasteiger partial charge in [0.05, 0.1) is 34.1 Å². The highest BCUT2D eigenvalue weighted by molar-refractivity contribution is 5.84. The number of piperidine rings is 2. The average Bonchev–Trinajstić information content (AvgIpc) is 4.10. The molecule has 12 rings (SSSR count). The predicted molar refractivity (Wildman–Crippen MR) is 203 cm³/mol. The molecule has 2 aromatic rings. The summed E-state index contributed by atoms with van der Waals surface area (Å²) in [5, 5.41) is 54.0. The molecule has 10 atom stereocenters. The standard InChI is InChI=1S/C44H54N4O8/c49-29-7-5-25-19-31-43(53)13-11-27(39-41(43,35(25)37(29)55-39)15-17-47(31)21-23-1-2-23)45-33(51)9-10-34(52)46-28-12-14-44(54)32-20-26-6-8-30(50)38-36(26)42(44,40(28)56-38)16-18-48(32)22-24-3-4-24/h5-8,23-24,27-28,31-32,39-40,49-50,53-54H,1-4,9-22H2,(H,45,51)(H,46,52)/t27-,28-,31-,32-,39+,40+,41+,42+,43-,44-/m1/s1. The number of aliphatic hydroxyl groups is 2. The quantitative estimate of drug-likeness (QED) is 0.224. The number of hydrogen-bond acceptors (Lipinski definition) is 10. The number of carbonyl (C=O) groups excluding carboxylic acids is 2. The van der Waals surface area contributed by atoms with E-state index in [-0.39, 0.29) is 60.3 Å². The van der Waals surface area contributed by atoms with E-state index >= 15 is 0 Å². The number of likely N-dealkylation sites (tertiary alicyclic amines) is 2. The largest absolute Gasteiger partial charge is 0.504 e.